The van der Waals surface area contributed by atoms with Crippen LogP contribution in [-0.4, -0.2) is 9.57 Å². The van der Waals surface area contributed by atoms with Crippen LogP contribution in [-0.2, 0) is 9.59 Å². The normalized spacial score (nSPS) is 7.67. The van der Waals surface area contributed by atoms with E-state index in [0.29, 0.717) is 0 Å². The summed E-state index contributed by atoms with van der Waals surface area (Å²) in [6.07, 6.45) is 0. The van der Waals surface area contributed by atoms with Gasteiger partial charge in [0.15, 0.2) is 0 Å². The van der Waals surface area contributed by atoms with Gasteiger partial charge in [-0.25, -0.2) is 0 Å². The fraction of sp³-hybridized carbons (Fsp3) is 0.333. The number of hydrogen-bond acceptors (Lipinski definition) is 2. The summed E-state index contributed by atoms with van der Waals surface area (Å²) in [6.45, 7) is 1.24. The molecule has 0 saturated heterocycles. The van der Waals surface area contributed by atoms with Crippen LogP contribution in [0.5, 0.6) is 0 Å². The molecule has 0 saturated carbocycles. The average molecular weight is 198 g/mol. The summed E-state index contributed by atoms with van der Waals surface area (Å²) in [5.41, 5.74) is 0. The Morgan fingerprint density at radius 2 is 1.67 bits per heavy atom. The molecule has 0 rings (SSSR count). The van der Waals surface area contributed by atoms with Crippen LogP contribution in [0.2, 0.25) is 0 Å². The van der Waals surface area contributed by atoms with E-state index in [1.165, 1.54) is 29.5 Å². The minimum absolute atomic E-state index is 0.393. The summed E-state index contributed by atoms with van der Waals surface area (Å²) in [6, 6.07) is 0. The molecule has 0 atom stereocenters. The number of rotatable bonds is 1. The van der Waals surface area contributed by atoms with Crippen LogP contribution in [0.4, 0.5) is 0 Å². The zero-order valence-corrected chi connectivity index (χ0v) is 5.35. The maximum absolute atomic E-state index is 9.79. The molecule has 6 heavy (non-hydrogen) atoms. The number of ketones is 1. The largest absolute Gasteiger partial charge is 0.290 e. The van der Waals surface area contributed by atoms with Gasteiger partial charge >= 0.3 is 0 Å². The highest BCUT2D eigenvalue weighted by atomic mass is 127. The van der Waals surface area contributed by atoms with E-state index in [1.807, 2.05) is 0 Å². The second-order valence-corrected chi connectivity index (χ2v) is 1.81. The molecular formula is C3H3IO2. The van der Waals surface area contributed by atoms with Crippen molar-refractivity contribution in [2.24, 2.45) is 0 Å². The van der Waals surface area contributed by atoms with E-state index < -0.39 is 9.57 Å². The smallest absolute Gasteiger partial charge is 0.257 e. The molecule has 3 heteroatoms. The topological polar surface area (TPSA) is 34.1 Å². The van der Waals surface area contributed by atoms with Gasteiger partial charge in [-0.1, -0.05) is 0 Å². The summed E-state index contributed by atoms with van der Waals surface area (Å²) >= 11 is 1.44. The standard InChI is InChI=1S/C3H3IO2/c1-2(5)3(4)6/h1H3. The number of Topliss-reactive ketones (excluding diaryl/α,β-unsaturated/α-hetero) is 1. The fourth-order valence-corrected chi connectivity index (χ4v) is 0. The molecule has 0 aromatic carbocycles. The van der Waals surface area contributed by atoms with Gasteiger partial charge in [-0.15, -0.1) is 0 Å². The number of hydrogen-bond donors (Lipinski definition) is 0. The summed E-state index contributed by atoms with van der Waals surface area (Å²) in [4.78, 5) is 19.6. The minimum Gasteiger partial charge on any atom is -0.290 e. The maximum Gasteiger partial charge on any atom is 0.257 e. The lowest BCUT2D eigenvalue weighted by Crippen LogP contribution is -1.97. The third-order valence-electron chi connectivity index (χ3n) is 0.277. The molecule has 0 aromatic heterocycles. The highest BCUT2D eigenvalue weighted by molar-refractivity contribution is 14.1. The predicted octanol–water partition coefficient (Wildman–Crippen LogP) is 0.537. The van der Waals surface area contributed by atoms with E-state index in [-0.39, 0.29) is 0 Å². The Morgan fingerprint density at radius 3 is 1.67 bits per heavy atom. The zero-order chi connectivity index (χ0) is 5.15. The SMILES string of the molecule is CC(=O)C(=O)I. The molecule has 2 nitrogen and oxygen atoms in total. The Balaban J connectivity index is 3.57. The average Bonchev–Trinajstić information content (AvgIpc) is 1.36. The van der Waals surface area contributed by atoms with Gasteiger partial charge in [0.25, 0.3) is 3.79 Å². The molecule has 0 N–H and O–H groups in total. The summed E-state index contributed by atoms with van der Waals surface area (Å²) in [5.74, 6) is -0.393. The fourth-order valence-electron chi connectivity index (χ4n) is 0. The quantitative estimate of drug-likeness (QED) is 0.350. The highest BCUT2D eigenvalue weighted by Gasteiger charge is 1.97. The monoisotopic (exact) mass is 198 g/mol. The Labute approximate surface area is 49.1 Å². The molecule has 0 heterocycles. The van der Waals surface area contributed by atoms with Crippen molar-refractivity contribution in [3.05, 3.63) is 0 Å². The molecule has 0 radical (unpaired) electrons. The van der Waals surface area contributed by atoms with E-state index in [2.05, 4.69) is 0 Å². The van der Waals surface area contributed by atoms with E-state index in [1.54, 1.807) is 0 Å². The summed E-state index contributed by atoms with van der Waals surface area (Å²) in [5, 5.41) is 0. The molecule has 0 fully saturated rings. The van der Waals surface area contributed by atoms with E-state index >= 15 is 0 Å². The Kier molecular flexibility index (Phi) is 2.31. The van der Waals surface area contributed by atoms with Gasteiger partial charge in [-0.3, -0.25) is 9.59 Å². The molecule has 0 spiro atoms. The van der Waals surface area contributed by atoms with Crippen molar-refractivity contribution in [2.45, 2.75) is 6.92 Å². The maximum atomic E-state index is 9.79. The third-order valence-corrected chi connectivity index (χ3v) is 1.04. The molecule has 0 amide bonds. The number of carbonyl (C=O) groups is 2. The minimum atomic E-state index is -0.410. The van der Waals surface area contributed by atoms with Crippen molar-refractivity contribution < 1.29 is 9.59 Å². The highest BCUT2D eigenvalue weighted by Crippen LogP contribution is 1.83. The predicted molar refractivity (Wildman–Crippen MR) is 29.7 cm³/mol. The molecule has 0 aromatic rings. The molecule has 0 unspecified atom stereocenters. The lowest BCUT2D eigenvalue weighted by Gasteiger charge is -1.70. The van der Waals surface area contributed by atoms with Crippen molar-refractivity contribution in [1.29, 1.82) is 0 Å². The van der Waals surface area contributed by atoms with Crippen LogP contribution in [0.3, 0.4) is 0 Å². The van der Waals surface area contributed by atoms with Crippen LogP contribution < -0.4 is 0 Å². The molecule has 0 aliphatic heterocycles. The molecule has 0 aliphatic carbocycles. The number of carbonyl (C=O) groups excluding carboxylic acids is 2. The molecule has 34 valence electrons. The van der Waals surface area contributed by atoms with Crippen molar-refractivity contribution in [1.82, 2.24) is 0 Å². The molecule has 0 bridgehead atoms. The molecular weight excluding hydrogens is 195 g/mol. The first-order chi connectivity index (χ1) is 2.64. The van der Waals surface area contributed by atoms with Crippen LogP contribution in [0, 0.1) is 0 Å². The van der Waals surface area contributed by atoms with Gasteiger partial charge in [0.2, 0.25) is 5.78 Å². The Morgan fingerprint density at radius 1 is 1.50 bits per heavy atom. The summed E-state index contributed by atoms with van der Waals surface area (Å²) < 4.78 is -0.410. The van der Waals surface area contributed by atoms with Crippen LogP contribution in [0.1, 0.15) is 6.92 Å². The Hall–Kier alpha value is 0.0700. The first kappa shape index (κ1) is 6.07. The van der Waals surface area contributed by atoms with Gasteiger partial charge < -0.3 is 0 Å². The van der Waals surface area contributed by atoms with Gasteiger partial charge in [0, 0.05) is 29.5 Å². The van der Waals surface area contributed by atoms with Crippen LogP contribution in [0.15, 0.2) is 0 Å². The van der Waals surface area contributed by atoms with Gasteiger partial charge in [-0.05, 0) is 0 Å². The zero-order valence-electron chi connectivity index (χ0n) is 3.19. The summed E-state index contributed by atoms with van der Waals surface area (Å²) in [7, 11) is 0. The lowest BCUT2D eigenvalue weighted by molar-refractivity contribution is -0.129. The van der Waals surface area contributed by atoms with Gasteiger partial charge in [0.1, 0.15) is 0 Å². The van der Waals surface area contributed by atoms with Crippen LogP contribution in [0.25, 0.3) is 0 Å². The number of halogens is 1. The van der Waals surface area contributed by atoms with Crippen molar-refractivity contribution in [3.8, 4) is 0 Å². The first-order valence-electron chi connectivity index (χ1n) is 1.35. The lowest BCUT2D eigenvalue weighted by atomic mass is 10.5. The van der Waals surface area contributed by atoms with Crippen LogP contribution >= 0.6 is 22.6 Å². The van der Waals surface area contributed by atoms with Crippen molar-refractivity contribution in [2.75, 3.05) is 0 Å². The third kappa shape index (κ3) is 2.32. The van der Waals surface area contributed by atoms with Crippen molar-refractivity contribution in [3.63, 3.8) is 0 Å². The van der Waals surface area contributed by atoms with Gasteiger partial charge in [-0.2, -0.15) is 0 Å². The Bertz CT molecular complexity index is 74.8. The van der Waals surface area contributed by atoms with E-state index in [9.17, 15) is 9.59 Å². The first-order valence-corrected chi connectivity index (χ1v) is 2.43. The van der Waals surface area contributed by atoms with E-state index in [0.717, 1.165) is 0 Å². The molecule has 0 aliphatic rings. The second kappa shape index (κ2) is 2.28. The second-order valence-electron chi connectivity index (χ2n) is 0.830. The van der Waals surface area contributed by atoms with Gasteiger partial charge in [0.05, 0.1) is 0 Å². The van der Waals surface area contributed by atoms with E-state index in [4.69, 9.17) is 0 Å². The van der Waals surface area contributed by atoms with Crippen molar-refractivity contribution >= 4 is 32.2 Å².